The Balaban J connectivity index is 1.44. The molecule has 3 atom stereocenters. The molecule has 3 fully saturated rings. The Morgan fingerprint density at radius 2 is 2.05 bits per heavy atom. The van der Waals surface area contributed by atoms with Gasteiger partial charge < -0.3 is 20.7 Å². The molecule has 0 saturated carbocycles. The predicted octanol–water partition coefficient (Wildman–Crippen LogP) is 2.00. The van der Waals surface area contributed by atoms with Crippen LogP contribution in [0.5, 0.6) is 0 Å². The van der Waals surface area contributed by atoms with Gasteiger partial charge in [-0.05, 0) is 43.9 Å². The summed E-state index contributed by atoms with van der Waals surface area (Å²) < 4.78 is 5.39. The number of aromatic nitrogens is 1. The number of hydrogen-bond acceptors (Lipinski definition) is 7. The molecule has 0 bridgehead atoms. The number of allylic oxidation sites excluding steroid dienone is 4. The quantitative estimate of drug-likeness (QED) is 0.366. The number of hydrogen-bond donors (Lipinski definition) is 2. The Hall–Kier alpha value is -3.50. The predicted molar refractivity (Wildman–Crippen MR) is 150 cm³/mol. The van der Waals surface area contributed by atoms with Crippen molar-refractivity contribution in [3.63, 3.8) is 0 Å². The van der Waals surface area contributed by atoms with Gasteiger partial charge in [-0.15, -0.1) is 0 Å². The summed E-state index contributed by atoms with van der Waals surface area (Å²) in [5.74, 6) is -0.828. The van der Waals surface area contributed by atoms with Gasteiger partial charge in [-0.3, -0.25) is 19.4 Å². The number of anilines is 1. The number of nitrogens with one attached hydrogen (secondary N) is 1. The van der Waals surface area contributed by atoms with Crippen LogP contribution in [0.2, 0.25) is 0 Å². The number of carbonyl (C=O) groups is 3. The minimum absolute atomic E-state index is 0.108. The van der Waals surface area contributed by atoms with Gasteiger partial charge >= 0.3 is 6.03 Å². The maximum atomic E-state index is 13.6. The first-order chi connectivity index (χ1) is 18.9. The van der Waals surface area contributed by atoms with Gasteiger partial charge in [0.1, 0.15) is 11.9 Å². The molecule has 0 spiro atoms. The molecule has 1 aromatic rings. The van der Waals surface area contributed by atoms with Crippen LogP contribution in [-0.4, -0.2) is 96.1 Å². The van der Waals surface area contributed by atoms with Crippen molar-refractivity contribution < 1.29 is 19.1 Å². The second kappa shape index (κ2) is 13.5. The largest absolute Gasteiger partial charge is 0.384 e. The van der Waals surface area contributed by atoms with Gasteiger partial charge in [0.05, 0.1) is 19.1 Å². The van der Waals surface area contributed by atoms with Gasteiger partial charge in [-0.2, -0.15) is 0 Å². The van der Waals surface area contributed by atoms with E-state index in [0.717, 1.165) is 42.0 Å². The normalized spacial score (nSPS) is 24.2. The smallest absolute Gasteiger partial charge is 0.327 e. The van der Waals surface area contributed by atoms with Crippen LogP contribution in [0.4, 0.5) is 10.6 Å². The number of likely N-dealkylation sites (tertiary alicyclic amines) is 2. The van der Waals surface area contributed by atoms with E-state index in [2.05, 4.69) is 21.8 Å². The first-order valence-electron chi connectivity index (χ1n) is 13.8. The fourth-order valence-corrected chi connectivity index (χ4v) is 5.43. The first kappa shape index (κ1) is 28.5. The van der Waals surface area contributed by atoms with Crippen molar-refractivity contribution in [1.29, 1.82) is 0 Å². The Labute approximate surface area is 230 Å². The fraction of sp³-hybridized carbons (Fsp3) is 0.517. The van der Waals surface area contributed by atoms with Crippen LogP contribution in [0, 0.1) is 11.8 Å². The molecule has 4 amide bonds. The average Bonchev–Trinajstić information content (AvgIpc) is 2.95. The molecule has 3 N–H and O–H groups in total. The summed E-state index contributed by atoms with van der Waals surface area (Å²) in [4.78, 5) is 49.5. The molecule has 3 aliphatic heterocycles. The average molecular weight is 537 g/mol. The minimum Gasteiger partial charge on any atom is -0.384 e. The molecule has 39 heavy (non-hydrogen) atoms. The number of nitrogens with zero attached hydrogens (tertiary/aromatic N) is 4. The number of imide groups is 1. The Morgan fingerprint density at radius 1 is 1.26 bits per heavy atom. The molecule has 0 unspecified atom stereocenters. The number of rotatable bonds is 9. The highest BCUT2D eigenvalue weighted by atomic mass is 16.5. The van der Waals surface area contributed by atoms with E-state index in [0.29, 0.717) is 51.6 Å². The lowest BCUT2D eigenvalue weighted by molar-refractivity contribution is -0.158. The number of piperidine rings is 1. The number of morpholine rings is 1. The van der Waals surface area contributed by atoms with E-state index in [1.165, 1.54) is 0 Å². The van der Waals surface area contributed by atoms with Gasteiger partial charge in [-0.1, -0.05) is 36.5 Å². The third-order valence-electron chi connectivity index (χ3n) is 7.65. The fourth-order valence-electron chi connectivity index (χ4n) is 5.43. The molecule has 3 aliphatic rings. The molecule has 0 aliphatic carbocycles. The molecule has 4 heterocycles. The van der Waals surface area contributed by atoms with E-state index in [1.807, 2.05) is 31.2 Å². The van der Waals surface area contributed by atoms with Crippen molar-refractivity contribution in [1.82, 2.24) is 25.0 Å². The van der Waals surface area contributed by atoms with Crippen LogP contribution in [0.3, 0.4) is 0 Å². The molecule has 3 saturated heterocycles. The maximum absolute atomic E-state index is 13.6. The summed E-state index contributed by atoms with van der Waals surface area (Å²) in [5.41, 5.74) is 7.59. The van der Waals surface area contributed by atoms with Gasteiger partial charge in [0.2, 0.25) is 11.8 Å². The molecule has 0 aromatic carbocycles. The van der Waals surface area contributed by atoms with Crippen molar-refractivity contribution in [3.8, 4) is 0 Å². The van der Waals surface area contributed by atoms with E-state index in [4.69, 9.17) is 10.5 Å². The van der Waals surface area contributed by atoms with Crippen LogP contribution in [0.1, 0.15) is 25.3 Å². The highest BCUT2D eigenvalue weighted by molar-refractivity contribution is 6.09. The lowest BCUT2D eigenvalue weighted by atomic mass is 9.81. The SMILES string of the molecule is C=C(/C=C\C=C/C)[C@@H]1CCCN(C(=O)N2C(=O)[C@H](Cc3ccnc(N)c3)[C@H]2C(=O)NCCN2CCOCC2)C1. The molecule has 4 rings (SSSR count). The maximum Gasteiger partial charge on any atom is 0.327 e. The third-order valence-corrected chi connectivity index (χ3v) is 7.65. The van der Waals surface area contributed by atoms with Crippen LogP contribution >= 0.6 is 0 Å². The van der Waals surface area contributed by atoms with Gasteiger partial charge in [0, 0.05) is 51.4 Å². The highest BCUT2D eigenvalue weighted by Crippen LogP contribution is 2.33. The van der Waals surface area contributed by atoms with Crippen molar-refractivity contribution in [2.24, 2.45) is 11.8 Å². The zero-order valence-corrected chi connectivity index (χ0v) is 22.8. The van der Waals surface area contributed by atoms with Crippen LogP contribution in [-0.2, 0) is 20.7 Å². The second-order valence-corrected chi connectivity index (χ2v) is 10.3. The van der Waals surface area contributed by atoms with Crippen molar-refractivity contribution >= 4 is 23.7 Å². The second-order valence-electron chi connectivity index (χ2n) is 10.3. The summed E-state index contributed by atoms with van der Waals surface area (Å²) in [6.45, 7) is 11.3. The zero-order chi connectivity index (χ0) is 27.8. The number of pyridine rings is 1. The standard InChI is InChI=1S/C29H40N6O4/c1-3-4-5-7-21(2)23-8-6-12-34(20-23)29(38)35-26(27(36)32-11-13-33-14-16-39-17-15-33)24(28(35)37)18-22-9-10-31-25(30)19-22/h3-5,7,9-10,19,23-24,26H,2,6,8,11-18,20H2,1H3,(H2,30,31)(H,32,36)/b4-3-,7-5-/t23-,24-,26+/m1/s1. The van der Waals surface area contributed by atoms with Gasteiger partial charge in [0.25, 0.3) is 0 Å². The molecule has 10 heteroatoms. The summed E-state index contributed by atoms with van der Waals surface area (Å²) in [7, 11) is 0. The van der Waals surface area contributed by atoms with Gasteiger partial charge in [0.15, 0.2) is 0 Å². The van der Waals surface area contributed by atoms with Crippen LogP contribution in [0.25, 0.3) is 0 Å². The zero-order valence-electron chi connectivity index (χ0n) is 22.8. The molecule has 0 radical (unpaired) electrons. The Kier molecular flexibility index (Phi) is 9.89. The number of β-lactam (4-membered cyclic amide) rings is 1. The lowest BCUT2D eigenvalue weighted by Crippen LogP contribution is -2.71. The number of nitrogens with two attached hydrogens (primary N) is 1. The minimum atomic E-state index is -0.873. The van der Waals surface area contributed by atoms with E-state index in [1.54, 1.807) is 23.2 Å². The third kappa shape index (κ3) is 7.13. The number of carbonyl (C=O) groups excluding carboxylic acids is 3. The number of amides is 4. The van der Waals surface area contributed by atoms with Crippen molar-refractivity contribution in [2.75, 3.05) is 58.2 Å². The van der Waals surface area contributed by atoms with E-state index < -0.39 is 18.0 Å². The van der Waals surface area contributed by atoms with Crippen LogP contribution in [0.15, 0.2) is 54.8 Å². The summed E-state index contributed by atoms with van der Waals surface area (Å²) >= 11 is 0. The monoisotopic (exact) mass is 536 g/mol. The first-order valence-corrected chi connectivity index (χ1v) is 13.8. The summed E-state index contributed by atoms with van der Waals surface area (Å²) in [5, 5.41) is 2.97. The molecule has 10 nitrogen and oxygen atoms in total. The van der Waals surface area contributed by atoms with Gasteiger partial charge in [-0.25, -0.2) is 9.78 Å². The van der Waals surface area contributed by atoms with Crippen LogP contribution < -0.4 is 11.1 Å². The molecule has 210 valence electrons. The molecular weight excluding hydrogens is 496 g/mol. The number of urea groups is 1. The van der Waals surface area contributed by atoms with E-state index in [-0.39, 0.29) is 17.7 Å². The van der Waals surface area contributed by atoms with Crippen molar-refractivity contribution in [3.05, 3.63) is 60.3 Å². The number of nitrogen functional groups attached to an aromatic ring is 1. The Morgan fingerprint density at radius 3 is 2.79 bits per heavy atom. The van der Waals surface area contributed by atoms with E-state index in [9.17, 15) is 14.4 Å². The molecular formula is C29H40N6O4. The van der Waals surface area contributed by atoms with Crippen molar-refractivity contribution in [2.45, 2.75) is 32.2 Å². The summed E-state index contributed by atoms with van der Waals surface area (Å²) in [6.07, 6.45) is 11.4. The lowest BCUT2D eigenvalue weighted by Gasteiger charge is -2.47. The highest BCUT2D eigenvalue weighted by Gasteiger charge is 2.55. The summed E-state index contributed by atoms with van der Waals surface area (Å²) in [6, 6.07) is 2.20. The molecule has 1 aromatic heterocycles. The Bertz CT molecular complexity index is 1110. The topological polar surface area (TPSA) is 121 Å². The van der Waals surface area contributed by atoms with E-state index >= 15 is 0 Å². The number of ether oxygens (including phenoxy) is 1.